The first-order valence-electron chi connectivity index (χ1n) is 10.0. The third kappa shape index (κ3) is 3.54. The first-order valence-corrected chi connectivity index (χ1v) is 10.0. The average Bonchev–Trinajstić information content (AvgIpc) is 3.41. The number of hydrogen-bond acceptors (Lipinski definition) is 5. The Bertz CT molecular complexity index is 899. The van der Waals surface area contributed by atoms with Gasteiger partial charge in [-0.3, -0.25) is 20.0 Å². The number of likely N-dealkylation sites (tertiary alicyclic amines) is 1. The van der Waals surface area contributed by atoms with Crippen molar-refractivity contribution in [1.29, 1.82) is 0 Å². The molecule has 0 aromatic carbocycles. The van der Waals surface area contributed by atoms with Crippen LogP contribution in [0.25, 0.3) is 0 Å². The highest BCUT2D eigenvalue weighted by atomic mass is 19.1. The number of aromatic nitrogens is 4. The van der Waals surface area contributed by atoms with Crippen LogP contribution in [-0.2, 0) is 19.6 Å². The molecule has 2 aliphatic heterocycles. The second-order valence-electron chi connectivity index (χ2n) is 8.33. The van der Waals surface area contributed by atoms with Crippen molar-refractivity contribution in [1.82, 2.24) is 30.2 Å². The lowest BCUT2D eigenvalue weighted by Crippen LogP contribution is -2.62. The Morgan fingerprint density at radius 3 is 2.86 bits per heavy atom. The maximum atomic E-state index is 14.7. The van der Waals surface area contributed by atoms with E-state index in [4.69, 9.17) is 5.73 Å². The summed E-state index contributed by atoms with van der Waals surface area (Å²) >= 11 is 0. The Balaban J connectivity index is 1.39. The molecule has 9 heteroatoms. The molecule has 2 aromatic heterocycles. The van der Waals surface area contributed by atoms with Crippen LogP contribution in [0.15, 0.2) is 42.4 Å². The lowest BCUT2D eigenvalue weighted by Gasteiger charge is -2.48. The monoisotopic (exact) mass is 401 g/mol. The van der Waals surface area contributed by atoms with Gasteiger partial charge in [-0.15, -0.1) is 0 Å². The van der Waals surface area contributed by atoms with E-state index in [1.54, 1.807) is 6.20 Å². The molecule has 2 aromatic rings. The highest BCUT2D eigenvalue weighted by molar-refractivity contribution is 5.24. The number of piperidine rings is 1. The van der Waals surface area contributed by atoms with Gasteiger partial charge in [-0.1, -0.05) is 0 Å². The van der Waals surface area contributed by atoms with Gasteiger partial charge < -0.3 is 5.73 Å². The lowest BCUT2D eigenvalue weighted by molar-refractivity contribution is 0.0149. The van der Waals surface area contributed by atoms with Crippen LogP contribution in [0.3, 0.4) is 0 Å². The Hall–Kier alpha value is -2.36. The zero-order valence-electron chi connectivity index (χ0n) is 16.1. The topological polar surface area (TPSA) is 89.9 Å². The molecule has 0 radical (unpaired) electrons. The number of allylic oxidation sites excluding steroid dienone is 3. The average molecular weight is 401 g/mol. The highest BCUT2D eigenvalue weighted by Gasteiger charge is 2.43. The molecular formula is C20H25F2N7. The van der Waals surface area contributed by atoms with E-state index in [0.29, 0.717) is 6.54 Å². The fraction of sp³-hybridized carbons (Fsp3) is 0.500. The van der Waals surface area contributed by atoms with E-state index < -0.39 is 5.92 Å². The smallest absolute Gasteiger partial charge is 0.105 e. The molecule has 1 aliphatic carbocycles. The van der Waals surface area contributed by atoms with Crippen molar-refractivity contribution in [2.75, 3.05) is 6.54 Å². The molecular weight excluding hydrogens is 376 g/mol. The van der Waals surface area contributed by atoms with Crippen LogP contribution in [0.1, 0.15) is 29.7 Å². The van der Waals surface area contributed by atoms with E-state index in [9.17, 15) is 8.78 Å². The van der Waals surface area contributed by atoms with Crippen LogP contribution in [0, 0.1) is 5.92 Å². The van der Waals surface area contributed by atoms with Gasteiger partial charge >= 0.3 is 0 Å². The van der Waals surface area contributed by atoms with Crippen LogP contribution in [-0.4, -0.2) is 54.9 Å². The normalized spacial score (nSPS) is 30.9. The third-order valence-electron chi connectivity index (χ3n) is 6.45. The fourth-order valence-corrected chi connectivity index (χ4v) is 5.08. The first-order chi connectivity index (χ1) is 14.1. The molecule has 3 unspecified atom stereocenters. The van der Waals surface area contributed by atoms with Crippen LogP contribution < -0.4 is 5.73 Å². The molecule has 0 bridgehead atoms. The minimum absolute atomic E-state index is 0.0627. The van der Waals surface area contributed by atoms with Crippen LogP contribution in [0.4, 0.5) is 8.78 Å². The summed E-state index contributed by atoms with van der Waals surface area (Å²) in [5, 5.41) is 14.0. The van der Waals surface area contributed by atoms with Crippen LogP contribution in [0.5, 0.6) is 0 Å². The van der Waals surface area contributed by atoms with Gasteiger partial charge in [0.2, 0.25) is 0 Å². The van der Waals surface area contributed by atoms with E-state index >= 15 is 0 Å². The van der Waals surface area contributed by atoms with Gasteiger partial charge in [-0.05, 0) is 18.6 Å². The largest absolute Gasteiger partial charge is 0.326 e. The summed E-state index contributed by atoms with van der Waals surface area (Å²) in [6, 6.07) is -0.281. The number of nitrogens with zero attached hydrogens (tertiary/aromatic N) is 4. The SMILES string of the molecule is NC1CC(N2Cc3cn[nH]c3C2)CN(Cc2cn[nH]c2)[C@@H]1C1CC(F)=CC=C1F. The number of H-pyrrole nitrogens is 2. The number of halogens is 2. The molecule has 7 nitrogen and oxygen atoms in total. The maximum Gasteiger partial charge on any atom is 0.105 e. The lowest BCUT2D eigenvalue weighted by atomic mass is 9.80. The first kappa shape index (κ1) is 18.7. The predicted molar refractivity (Wildman–Crippen MR) is 103 cm³/mol. The molecule has 0 saturated carbocycles. The second kappa shape index (κ2) is 7.47. The Labute approximate surface area is 167 Å². The summed E-state index contributed by atoms with van der Waals surface area (Å²) in [6.07, 6.45) is 8.76. The van der Waals surface area contributed by atoms with E-state index in [1.165, 1.54) is 17.7 Å². The third-order valence-corrected chi connectivity index (χ3v) is 6.45. The fourth-order valence-electron chi connectivity index (χ4n) is 5.08. The van der Waals surface area contributed by atoms with Gasteiger partial charge in [0, 0.05) is 74.0 Å². The molecule has 5 rings (SSSR count). The summed E-state index contributed by atoms with van der Waals surface area (Å²) in [4.78, 5) is 4.61. The minimum Gasteiger partial charge on any atom is -0.326 e. The zero-order chi connectivity index (χ0) is 20.0. The summed E-state index contributed by atoms with van der Waals surface area (Å²) in [5.41, 5.74) is 10.0. The minimum atomic E-state index is -0.557. The van der Waals surface area contributed by atoms with E-state index in [1.807, 2.05) is 12.4 Å². The summed E-state index contributed by atoms with van der Waals surface area (Å²) in [5.74, 6) is -1.14. The number of aromatic amines is 2. The predicted octanol–water partition coefficient (Wildman–Crippen LogP) is 2.15. The van der Waals surface area contributed by atoms with Crippen molar-refractivity contribution in [2.24, 2.45) is 11.7 Å². The molecule has 4 N–H and O–H groups in total. The maximum absolute atomic E-state index is 14.7. The van der Waals surface area contributed by atoms with Gasteiger partial charge in [-0.2, -0.15) is 10.2 Å². The molecule has 29 heavy (non-hydrogen) atoms. The van der Waals surface area contributed by atoms with Gasteiger partial charge in [0.15, 0.2) is 0 Å². The molecule has 154 valence electrons. The molecule has 0 amide bonds. The molecule has 0 spiro atoms. The molecule has 4 atom stereocenters. The second-order valence-corrected chi connectivity index (χ2v) is 8.33. The van der Waals surface area contributed by atoms with Crippen molar-refractivity contribution in [3.8, 4) is 0 Å². The highest BCUT2D eigenvalue weighted by Crippen LogP contribution is 2.38. The number of nitrogens with one attached hydrogen (secondary N) is 2. The Kier molecular flexibility index (Phi) is 4.81. The van der Waals surface area contributed by atoms with Crippen molar-refractivity contribution < 1.29 is 8.78 Å². The summed E-state index contributed by atoms with van der Waals surface area (Å²) in [6.45, 7) is 2.99. The van der Waals surface area contributed by atoms with Gasteiger partial charge in [0.25, 0.3) is 0 Å². The number of hydrogen-bond donors (Lipinski definition) is 3. The summed E-state index contributed by atoms with van der Waals surface area (Å²) in [7, 11) is 0. The Morgan fingerprint density at radius 1 is 1.17 bits per heavy atom. The van der Waals surface area contributed by atoms with Crippen LogP contribution in [0.2, 0.25) is 0 Å². The van der Waals surface area contributed by atoms with Gasteiger partial charge in [0.1, 0.15) is 11.7 Å². The van der Waals surface area contributed by atoms with Gasteiger partial charge in [0.05, 0.1) is 18.1 Å². The summed E-state index contributed by atoms with van der Waals surface area (Å²) < 4.78 is 28.7. The molecule has 1 saturated heterocycles. The van der Waals surface area contributed by atoms with E-state index in [2.05, 4.69) is 30.2 Å². The molecule has 4 heterocycles. The number of fused-ring (bicyclic) bond motifs is 1. The van der Waals surface area contributed by atoms with Gasteiger partial charge in [-0.25, -0.2) is 8.78 Å². The zero-order valence-corrected chi connectivity index (χ0v) is 16.1. The van der Waals surface area contributed by atoms with Crippen molar-refractivity contribution in [2.45, 2.75) is 50.6 Å². The van der Waals surface area contributed by atoms with E-state index in [0.717, 1.165) is 37.3 Å². The number of rotatable bonds is 4. The van der Waals surface area contributed by atoms with E-state index in [-0.39, 0.29) is 36.2 Å². The number of nitrogens with two attached hydrogens (primary N) is 1. The van der Waals surface area contributed by atoms with Crippen molar-refractivity contribution >= 4 is 0 Å². The molecule has 1 fully saturated rings. The molecule has 3 aliphatic rings. The Morgan fingerprint density at radius 2 is 2.07 bits per heavy atom. The van der Waals surface area contributed by atoms with Crippen molar-refractivity contribution in [3.63, 3.8) is 0 Å². The standard InChI is InChI=1S/C20H25F2N7/c21-14-1-2-17(22)16(3-14)20-18(23)4-15(10-29(20)8-12-5-24-25-6-12)28-9-13-7-26-27-19(13)11-28/h1-2,5-7,15-16,18,20H,3-4,8-11,23H2,(H,24,25)(H,26,27)/t15?,16?,18?,20-/m1/s1. The van der Waals surface area contributed by atoms with Crippen molar-refractivity contribution in [3.05, 3.63) is 59.2 Å². The van der Waals surface area contributed by atoms with Crippen LogP contribution >= 0.6 is 0 Å². The quantitative estimate of drug-likeness (QED) is 0.730.